The van der Waals surface area contributed by atoms with Crippen molar-refractivity contribution in [1.82, 2.24) is 4.98 Å². The van der Waals surface area contributed by atoms with Gasteiger partial charge >= 0.3 is 0 Å². The Hall–Kier alpha value is -1.40. The number of halogens is 1. The number of anilines is 1. The van der Waals surface area contributed by atoms with Crippen LogP contribution in [-0.2, 0) is 0 Å². The number of nitrogens with zero attached hydrogens (tertiary/aromatic N) is 3. The molecule has 0 unspecified atom stereocenters. The van der Waals surface area contributed by atoms with Gasteiger partial charge in [0.1, 0.15) is 12.0 Å². The third kappa shape index (κ3) is 2.50. The lowest BCUT2D eigenvalue weighted by atomic mass is 9.98. The van der Waals surface area contributed by atoms with Crippen LogP contribution in [0.4, 0.5) is 11.5 Å². The quantitative estimate of drug-likeness (QED) is 0.662. The molecule has 2 aliphatic rings. The maximum Gasteiger partial charge on any atom is 0.287 e. The van der Waals surface area contributed by atoms with Gasteiger partial charge in [-0.15, -0.1) is 12.4 Å². The topological polar surface area (TPSA) is 85.3 Å². The fraction of sp³-hybridized carbons (Fsp3) is 0.583. The molecule has 0 amide bonds. The second-order valence-corrected chi connectivity index (χ2v) is 5.16. The minimum Gasteiger partial charge on any atom is -0.351 e. The van der Waals surface area contributed by atoms with Gasteiger partial charge in [-0.05, 0) is 31.7 Å². The number of piperidine rings is 1. The minimum absolute atomic E-state index is 0. The largest absolute Gasteiger partial charge is 0.351 e. The second-order valence-electron chi connectivity index (χ2n) is 5.16. The zero-order valence-corrected chi connectivity index (χ0v) is 11.3. The summed E-state index contributed by atoms with van der Waals surface area (Å²) < 4.78 is 0. The maximum atomic E-state index is 10.6. The van der Waals surface area contributed by atoms with Gasteiger partial charge in [-0.2, -0.15) is 0 Å². The molecule has 0 saturated carbocycles. The van der Waals surface area contributed by atoms with Gasteiger partial charge in [-0.3, -0.25) is 10.1 Å². The number of hydrogen-bond acceptors (Lipinski definition) is 5. The first-order valence-corrected chi connectivity index (χ1v) is 6.29. The normalized spacial score (nSPS) is 28.9. The number of pyridine rings is 1. The average Bonchev–Trinajstić information content (AvgIpc) is 2.62. The number of rotatable bonds is 2. The smallest absolute Gasteiger partial charge is 0.287 e. The molecule has 1 aromatic rings. The molecule has 2 saturated heterocycles. The molecule has 19 heavy (non-hydrogen) atoms. The molecule has 0 radical (unpaired) electrons. The molecule has 0 spiro atoms. The Morgan fingerprint density at radius 2 is 1.95 bits per heavy atom. The lowest BCUT2D eigenvalue weighted by Crippen LogP contribution is -2.47. The Kier molecular flexibility index (Phi) is 3.91. The van der Waals surface area contributed by atoms with E-state index in [0.717, 1.165) is 31.5 Å². The highest BCUT2D eigenvalue weighted by Crippen LogP contribution is 2.38. The van der Waals surface area contributed by atoms with E-state index in [1.807, 2.05) is 0 Å². The van der Waals surface area contributed by atoms with Gasteiger partial charge in [0.2, 0.25) is 0 Å². The van der Waals surface area contributed by atoms with E-state index in [9.17, 15) is 10.1 Å². The third-order valence-corrected chi connectivity index (χ3v) is 3.98. The second kappa shape index (κ2) is 5.30. The van der Waals surface area contributed by atoms with Gasteiger partial charge in [0.25, 0.3) is 5.69 Å². The van der Waals surface area contributed by atoms with E-state index >= 15 is 0 Å². The van der Waals surface area contributed by atoms with Crippen molar-refractivity contribution >= 4 is 23.9 Å². The fourth-order valence-corrected chi connectivity index (χ4v) is 3.23. The van der Waals surface area contributed by atoms with Crippen molar-refractivity contribution in [2.24, 2.45) is 5.73 Å². The first-order chi connectivity index (χ1) is 8.65. The fourth-order valence-electron chi connectivity index (χ4n) is 3.23. The number of nitro groups is 1. The Labute approximate surface area is 117 Å². The summed E-state index contributed by atoms with van der Waals surface area (Å²) in [5, 5.41) is 10.6. The van der Waals surface area contributed by atoms with E-state index in [1.165, 1.54) is 12.3 Å². The summed E-state index contributed by atoms with van der Waals surface area (Å²) in [6, 6.07) is 4.47. The molecule has 6 nitrogen and oxygen atoms in total. The van der Waals surface area contributed by atoms with Gasteiger partial charge in [0.15, 0.2) is 0 Å². The zero-order valence-electron chi connectivity index (χ0n) is 10.4. The minimum atomic E-state index is -0.419. The Bertz CT molecular complexity index is 453. The Morgan fingerprint density at radius 1 is 1.32 bits per heavy atom. The first-order valence-electron chi connectivity index (χ1n) is 6.29. The molecule has 1 aromatic heterocycles. The predicted octanol–water partition coefficient (Wildman–Crippen LogP) is 1.87. The van der Waals surface area contributed by atoms with Crippen molar-refractivity contribution in [2.45, 2.75) is 43.8 Å². The van der Waals surface area contributed by atoms with E-state index in [0.29, 0.717) is 12.1 Å². The number of fused-ring (bicyclic) bond motifs is 2. The van der Waals surface area contributed by atoms with Crippen LogP contribution in [0.15, 0.2) is 18.3 Å². The van der Waals surface area contributed by atoms with Crippen molar-refractivity contribution in [2.75, 3.05) is 4.90 Å². The molecular weight excluding hydrogens is 268 g/mol. The van der Waals surface area contributed by atoms with E-state index in [-0.39, 0.29) is 24.1 Å². The lowest BCUT2D eigenvalue weighted by molar-refractivity contribution is -0.385. The van der Waals surface area contributed by atoms with Gasteiger partial charge < -0.3 is 10.6 Å². The van der Waals surface area contributed by atoms with Gasteiger partial charge in [0.05, 0.1) is 4.92 Å². The SMILES string of the molecule is Cl.N[C@H]1C[C@H]2CC[C@@H](C1)N2c1ccc([N+](=O)[O-])cn1. The van der Waals surface area contributed by atoms with Crippen LogP contribution < -0.4 is 10.6 Å². The number of nitrogens with two attached hydrogens (primary N) is 1. The lowest BCUT2D eigenvalue weighted by Gasteiger charge is -2.38. The predicted molar refractivity (Wildman–Crippen MR) is 74.6 cm³/mol. The van der Waals surface area contributed by atoms with Crippen molar-refractivity contribution in [3.05, 3.63) is 28.4 Å². The molecule has 2 bridgehead atoms. The summed E-state index contributed by atoms with van der Waals surface area (Å²) in [6.07, 6.45) is 5.63. The van der Waals surface area contributed by atoms with Crippen molar-refractivity contribution in [1.29, 1.82) is 0 Å². The van der Waals surface area contributed by atoms with Gasteiger partial charge in [-0.25, -0.2) is 4.98 Å². The van der Waals surface area contributed by atoms with Crippen LogP contribution in [0.2, 0.25) is 0 Å². The molecule has 7 heteroatoms. The van der Waals surface area contributed by atoms with Gasteiger partial charge in [-0.1, -0.05) is 0 Å². The molecule has 3 atom stereocenters. The molecule has 104 valence electrons. The average molecular weight is 285 g/mol. The van der Waals surface area contributed by atoms with Crippen LogP contribution >= 0.6 is 12.4 Å². The maximum absolute atomic E-state index is 10.6. The summed E-state index contributed by atoms with van der Waals surface area (Å²) in [6.45, 7) is 0. The molecule has 3 heterocycles. The highest BCUT2D eigenvalue weighted by molar-refractivity contribution is 5.85. The van der Waals surface area contributed by atoms with E-state index in [2.05, 4.69) is 9.88 Å². The van der Waals surface area contributed by atoms with Crippen LogP contribution in [0.1, 0.15) is 25.7 Å². The highest BCUT2D eigenvalue weighted by atomic mass is 35.5. The summed E-state index contributed by atoms with van der Waals surface area (Å²) >= 11 is 0. The molecule has 3 rings (SSSR count). The van der Waals surface area contributed by atoms with E-state index < -0.39 is 4.92 Å². The molecular formula is C12H17ClN4O2. The van der Waals surface area contributed by atoms with Crippen molar-refractivity contribution in [3.8, 4) is 0 Å². The van der Waals surface area contributed by atoms with Crippen molar-refractivity contribution < 1.29 is 4.92 Å². The van der Waals surface area contributed by atoms with E-state index in [1.54, 1.807) is 6.07 Å². The molecule has 2 fully saturated rings. The summed E-state index contributed by atoms with van der Waals surface area (Å²) in [4.78, 5) is 16.7. The van der Waals surface area contributed by atoms with Crippen LogP contribution in [-0.4, -0.2) is 28.0 Å². The molecule has 2 aliphatic heterocycles. The van der Waals surface area contributed by atoms with Crippen molar-refractivity contribution in [3.63, 3.8) is 0 Å². The van der Waals surface area contributed by atoms with Gasteiger partial charge in [0, 0.05) is 24.2 Å². The molecule has 0 aliphatic carbocycles. The van der Waals surface area contributed by atoms with Crippen LogP contribution in [0, 0.1) is 10.1 Å². The first kappa shape index (κ1) is 14.0. The number of hydrogen-bond donors (Lipinski definition) is 1. The molecule has 2 N–H and O–H groups in total. The Balaban J connectivity index is 0.00000133. The highest BCUT2D eigenvalue weighted by Gasteiger charge is 2.40. The summed E-state index contributed by atoms with van der Waals surface area (Å²) in [7, 11) is 0. The van der Waals surface area contributed by atoms with Crippen LogP contribution in [0.3, 0.4) is 0 Å². The summed E-state index contributed by atoms with van der Waals surface area (Å²) in [5.41, 5.74) is 6.06. The van der Waals surface area contributed by atoms with E-state index in [4.69, 9.17) is 5.73 Å². The monoisotopic (exact) mass is 284 g/mol. The third-order valence-electron chi connectivity index (χ3n) is 3.98. The summed E-state index contributed by atoms with van der Waals surface area (Å²) in [5.74, 6) is 0.847. The standard InChI is InChI=1S/C12H16N4O2.ClH/c13-8-5-9-1-2-10(6-8)15(9)12-4-3-11(7-14-12)16(17)18;/h3-4,7-10H,1-2,5-6,13H2;1H/t8-,9+,10-;. The van der Waals surface area contributed by atoms with Crippen LogP contribution in [0.5, 0.6) is 0 Å². The Morgan fingerprint density at radius 3 is 2.42 bits per heavy atom. The number of aromatic nitrogens is 1. The molecule has 0 aromatic carbocycles. The van der Waals surface area contributed by atoms with Crippen LogP contribution in [0.25, 0.3) is 0 Å². The zero-order chi connectivity index (χ0) is 12.7.